The van der Waals surface area contributed by atoms with Gasteiger partial charge in [0.2, 0.25) is 11.8 Å². The molecule has 0 amide bonds. The molecule has 0 saturated carbocycles. The van der Waals surface area contributed by atoms with Crippen molar-refractivity contribution in [2.45, 2.75) is 6.92 Å². The lowest BCUT2D eigenvalue weighted by molar-refractivity contribution is 0.326. The van der Waals surface area contributed by atoms with Crippen LogP contribution in [0.2, 0.25) is 5.02 Å². The highest BCUT2D eigenvalue weighted by Gasteiger charge is 2.00. The SMILES string of the molecule is CCOc1cc(/C=C/c2ccc(Cl)cc2)nc(N)n1. The number of nitrogen functional groups attached to an aromatic ring is 1. The summed E-state index contributed by atoms with van der Waals surface area (Å²) >= 11 is 5.83. The Labute approximate surface area is 116 Å². The maximum Gasteiger partial charge on any atom is 0.223 e. The number of benzene rings is 1. The third-order valence-corrected chi connectivity index (χ3v) is 2.60. The molecule has 98 valence electrons. The minimum Gasteiger partial charge on any atom is -0.478 e. The molecule has 2 N–H and O–H groups in total. The molecule has 0 bridgehead atoms. The van der Waals surface area contributed by atoms with Gasteiger partial charge in [0, 0.05) is 11.1 Å². The van der Waals surface area contributed by atoms with E-state index in [1.807, 2.05) is 43.3 Å². The fourth-order valence-corrected chi connectivity index (χ4v) is 1.65. The van der Waals surface area contributed by atoms with Gasteiger partial charge in [-0.25, -0.2) is 4.98 Å². The third-order valence-electron chi connectivity index (χ3n) is 2.35. The van der Waals surface area contributed by atoms with Crippen molar-refractivity contribution in [2.75, 3.05) is 12.3 Å². The zero-order chi connectivity index (χ0) is 13.7. The first-order chi connectivity index (χ1) is 9.17. The largest absolute Gasteiger partial charge is 0.478 e. The van der Waals surface area contributed by atoms with Crippen LogP contribution >= 0.6 is 11.6 Å². The fraction of sp³-hybridized carbons (Fsp3) is 0.143. The van der Waals surface area contributed by atoms with Crippen molar-refractivity contribution in [1.29, 1.82) is 0 Å². The normalized spacial score (nSPS) is 10.8. The van der Waals surface area contributed by atoms with Crippen LogP contribution in [0, 0.1) is 0 Å². The highest BCUT2D eigenvalue weighted by atomic mass is 35.5. The summed E-state index contributed by atoms with van der Waals surface area (Å²) in [6, 6.07) is 9.26. The minimum absolute atomic E-state index is 0.196. The molecule has 0 fully saturated rings. The molecule has 0 spiro atoms. The van der Waals surface area contributed by atoms with E-state index in [1.54, 1.807) is 6.07 Å². The molecule has 0 aliphatic heterocycles. The molecule has 4 nitrogen and oxygen atoms in total. The summed E-state index contributed by atoms with van der Waals surface area (Å²) in [5.41, 5.74) is 7.35. The number of aromatic nitrogens is 2. The summed E-state index contributed by atoms with van der Waals surface area (Å²) in [7, 11) is 0. The number of hydrogen-bond donors (Lipinski definition) is 1. The number of hydrogen-bond acceptors (Lipinski definition) is 4. The van der Waals surface area contributed by atoms with Crippen LogP contribution in [0.15, 0.2) is 30.3 Å². The van der Waals surface area contributed by atoms with Gasteiger partial charge in [-0.05, 0) is 30.7 Å². The van der Waals surface area contributed by atoms with Gasteiger partial charge in [0.25, 0.3) is 0 Å². The molecule has 0 unspecified atom stereocenters. The molecule has 19 heavy (non-hydrogen) atoms. The average Bonchev–Trinajstić information content (AvgIpc) is 2.38. The first-order valence-corrected chi connectivity index (χ1v) is 6.26. The molecule has 0 aliphatic carbocycles. The molecule has 2 aromatic rings. The molecular formula is C14H14ClN3O. The van der Waals surface area contributed by atoms with E-state index in [-0.39, 0.29) is 5.95 Å². The Balaban J connectivity index is 2.20. The van der Waals surface area contributed by atoms with Crippen molar-refractivity contribution < 1.29 is 4.74 Å². The van der Waals surface area contributed by atoms with E-state index in [1.165, 1.54) is 0 Å². The number of rotatable bonds is 4. The quantitative estimate of drug-likeness (QED) is 0.930. The molecule has 0 atom stereocenters. The van der Waals surface area contributed by atoms with Crippen molar-refractivity contribution >= 4 is 29.7 Å². The standard InChI is InChI=1S/C14H14ClN3O/c1-2-19-13-9-12(17-14(16)18-13)8-5-10-3-6-11(15)7-4-10/h3-9H,2H2,1H3,(H2,16,17,18)/b8-5+. The Hall–Kier alpha value is -2.07. The lowest BCUT2D eigenvalue weighted by atomic mass is 10.2. The van der Waals surface area contributed by atoms with Crippen LogP contribution in [0.5, 0.6) is 5.88 Å². The first kappa shape index (κ1) is 13.4. The van der Waals surface area contributed by atoms with Crippen LogP contribution in [0.25, 0.3) is 12.2 Å². The maximum atomic E-state index is 5.83. The number of ether oxygens (including phenoxy) is 1. The Kier molecular flexibility index (Phi) is 4.36. The summed E-state index contributed by atoms with van der Waals surface area (Å²) in [5.74, 6) is 0.674. The van der Waals surface area contributed by atoms with E-state index in [2.05, 4.69) is 9.97 Å². The van der Waals surface area contributed by atoms with Gasteiger partial charge in [-0.3, -0.25) is 0 Å². The fourth-order valence-electron chi connectivity index (χ4n) is 1.52. The van der Waals surface area contributed by atoms with Crippen LogP contribution in [0.4, 0.5) is 5.95 Å². The Morgan fingerprint density at radius 1 is 1.21 bits per heavy atom. The molecule has 0 radical (unpaired) electrons. The van der Waals surface area contributed by atoms with Crippen molar-refractivity contribution in [2.24, 2.45) is 0 Å². The van der Waals surface area contributed by atoms with Crippen LogP contribution in [-0.2, 0) is 0 Å². The van der Waals surface area contributed by atoms with Gasteiger partial charge < -0.3 is 10.5 Å². The van der Waals surface area contributed by atoms with E-state index < -0.39 is 0 Å². The van der Waals surface area contributed by atoms with Crippen LogP contribution in [0.3, 0.4) is 0 Å². The predicted molar refractivity (Wildman–Crippen MR) is 78.0 cm³/mol. The Morgan fingerprint density at radius 3 is 2.63 bits per heavy atom. The van der Waals surface area contributed by atoms with E-state index in [0.29, 0.717) is 23.2 Å². The van der Waals surface area contributed by atoms with Gasteiger partial charge in [0.15, 0.2) is 0 Å². The zero-order valence-corrected chi connectivity index (χ0v) is 11.3. The van der Waals surface area contributed by atoms with Gasteiger partial charge in [-0.15, -0.1) is 0 Å². The molecule has 1 aromatic heterocycles. The average molecular weight is 276 g/mol. The molecular weight excluding hydrogens is 262 g/mol. The van der Waals surface area contributed by atoms with Crippen LogP contribution in [0.1, 0.15) is 18.2 Å². The zero-order valence-electron chi connectivity index (χ0n) is 10.5. The van der Waals surface area contributed by atoms with Crippen LogP contribution in [-0.4, -0.2) is 16.6 Å². The molecule has 0 saturated heterocycles. The summed E-state index contributed by atoms with van der Waals surface area (Å²) < 4.78 is 5.31. The first-order valence-electron chi connectivity index (χ1n) is 5.88. The van der Waals surface area contributed by atoms with Crippen LogP contribution < -0.4 is 10.5 Å². The maximum absolute atomic E-state index is 5.83. The second-order valence-corrected chi connectivity index (χ2v) is 4.24. The van der Waals surface area contributed by atoms with E-state index in [9.17, 15) is 0 Å². The topological polar surface area (TPSA) is 61.0 Å². The summed E-state index contributed by atoms with van der Waals surface area (Å²) in [6.07, 6.45) is 3.78. The smallest absolute Gasteiger partial charge is 0.223 e. The monoisotopic (exact) mass is 275 g/mol. The van der Waals surface area contributed by atoms with Crippen molar-refractivity contribution in [1.82, 2.24) is 9.97 Å². The van der Waals surface area contributed by atoms with E-state index >= 15 is 0 Å². The molecule has 1 heterocycles. The number of nitrogens with zero attached hydrogens (tertiary/aromatic N) is 2. The second-order valence-electron chi connectivity index (χ2n) is 3.81. The number of anilines is 1. The molecule has 5 heteroatoms. The Morgan fingerprint density at radius 2 is 1.95 bits per heavy atom. The third kappa shape index (κ3) is 3.96. The van der Waals surface area contributed by atoms with Gasteiger partial charge in [-0.2, -0.15) is 4.98 Å². The summed E-state index contributed by atoms with van der Waals surface area (Å²) in [4.78, 5) is 8.11. The summed E-state index contributed by atoms with van der Waals surface area (Å²) in [6.45, 7) is 2.43. The summed E-state index contributed by atoms with van der Waals surface area (Å²) in [5, 5.41) is 0.710. The number of halogens is 1. The second kappa shape index (κ2) is 6.20. The Bertz CT molecular complexity index is 582. The van der Waals surface area contributed by atoms with Crippen molar-refractivity contribution in [3.63, 3.8) is 0 Å². The number of nitrogens with two attached hydrogens (primary N) is 1. The molecule has 1 aromatic carbocycles. The lowest BCUT2D eigenvalue weighted by Gasteiger charge is -2.03. The van der Waals surface area contributed by atoms with E-state index in [4.69, 9.17) is 22.1 Å². The molecule has 2 rings (SSSR count). The highest BCUT2D eigenvalue weighted by molar-refractivity contribution is 6.30. The van der Waals surface area contributed by atoms with Gasteiger partial charge in [0.05, 0.1) is 12.3 Å². The highest BCUT2D eigenvalue weighted by Crippen LogP contribution is 2.15. The van der Waals surface area contributed by atoms with Gasteiger partial charge in [0.1, 0.15) is 0 Å². The minimum atomic E-state index is 0.196. The van der Waals surface area contributed by atoms with Gasteiger partial charge in [-0.1, -0.05) is 29.8 Å². The van der Waals surface area contributed by atoms with Crippen molar-refractivity contribution in [3.05, 3.63) is 46.6 Å². The van der Waals surface area contributed by atoms with Gasteiger partial charge >= 0.3 is 0 Å². The molecule has 0 aliphatic rings. The lowest BCUT2D eigenvalue weighted by Crippen LogP contribution is -2.01. The predicted octanol–water partition coefficient (Wildman–Crippen LogP) is 3.28. The van der Waals surface area contributed by atoms with Crippen molar-refractivity contribution in [3.8, 4) is 5.88 Å². The van der Waals surface area contributed by atoms with E-state index in [0.717, 1.165) is 5.56 Å².